The van der Waals surface area contributed by atoms with Crippen molar-refractivity contribution in [2.45, 2.75) is 64.7 Å². The van der Waals surface area contributed by atoms with Gasteiger partial charge in [-0.3, -0.25) is 4.79 Å². The molecular weight excluding hydrogens is 364 g/mol. The molecule has 4 aliphatic carbocycles. The van der Waals surface area contributed by atoms with E-state index in [4.69, 9.17) is 9.47 Å². The molecule has 4 bridgehead atoms. The van der Waals surface area contributed by atoms with Gasteiger partial charge in [-0.25, -0.2) is 5.43 Å². The molecule has 4 fully saturated rings. The summed E-state index contributed by atoms with van der Waals surface area (Å²) in [6.07, 6.45) is 12.3. The smallest absolute Gasteiger partial charge is 0.240 e. The number of rotatable bonds is 9. The fourth-order valence-electron chi connectivity index (χ4n) is 6.28. The summed E-state index contributed by atoms with van der Waals surface area (Å²) in [5.74, 6) is 4.07. The van der Waals surface area contributed by atoms with E-state index >= 15 is 0 Å². The Morgan fingerprint density at radius 3 is 2.48 bits per heavy atom. The van der Waals surface area contributed by atoms with Gasteiger partial charge < -0.3 is 9.47 Å². The highest BCUT2D eigenvalue weighted by Gasteiger charge is 2.51. The molecule has 0 aromatic heterocycles. The Kier molecular flexibility index (Phi) is 6.12. The van der Waals surface area contributed by atoms with Gasteiger partial charge in [-0.05, 0) is 91.9 Å². The van der Waals surface area contributed by atoms with Crippen molar-refractivity contribution in [2.24, 2.45) is 28.3 Å². The van der Waals surface area contributed by atoms with Crippen LogP contribution >= 0.6 is 0 Å². The number of hydrazone groups is 1. The maximum Gasteiger partial charge on any atom is 0.240 e. The van der Waals surface area contributed by atoms with Crippen LogP contribution in [0.1, 0.15) is 70.3 Å². The first-order chi connectivity index (χ1) is 14.1. The van der Waals surface area contributed by atoms with Gasteiger partial charge in [-0.1, -0.05) is 13.3 Å². The highest BCUT2D eigenvalue weighted by Crippen LogP contribution is 2.61. The molecule has 4 saturated carbocycles. The summed E-state index contributed by atoms with van der Waals surface area (Å²) in [6, 6.07) is 5.71. The van der Waals surface area contributed by atoms with Gasteiger partial charge in [-0.15, -0.1) is 0 Å². The van der Waals surface area contributed by atoms with Gasteiger partial charge in [0.05, 0.1) is 19.9 Å². The maximum atomic E-state index is 12.6. The van der Waals surface area contributed by atoms with Gasteiger partial charge in [0.2, 0.25) is 5.91 Å². The fraction of sp³-hybridized carbons (Fsp3) is 0.667. The summed E-state index contributed by atoms with van der Waals surface area (Å²) in [6.45, 7) is 2.82. The van der Waals surface area contributed by atoms with E-state index in [2.05, 4.69) is 17.5 Å². The zero-order chi connectivity index (χ0) is 20.3. The largest absolute Gasteiger partial charge is 0.493 e. The Morgan fingerprint density at radius 2 is 1.86 bits per heavy atom. The van der Waals surface area contributed by atoms with Gasteiger partial charge in [0.1, 0.15) is 0 Å². The Balaban J connectivity index is 1.31. The van der Waals surface area contributed by atoms with E-state index in [9.17, 15) is 4.79 Å². The molecule has 0 heterocycles. The van der Waals surface area contributed by atoms with Crippen LogP contribution in [-0.4, -0.2) is 25.8 Å². The minimum Gasteiger partial charge on any atom is -0.493 e. The van der Waals surface area contributed by atoms with Crippen molar-refractivity contribution >= 4 is 12.1 Å². The summed E-state index contributed by atoms with van der Waals surface area (Å²) in [7, 11) is 1.64. The van der Waals surface area contributed by atoms with E-state index in [1.807, 2.05) is 18.2 Å². The van der Waals surface area contributed by atoms with E-state index in [1.165, 1.54) is 38.5 Å². The van der Waals surface area contributed by atoms with Crippen LogP contribution in [-0.2, 0) is 4.79 Å². The lowest BCUT2D eigenvalue weighted by molar-refractivity contribution is -0.129. The lowest BCUT2D eigenvalue weighted by atomic mass is 9.49. The van der Waals surface area contributed by atoms with Crippen molar-refractivity contribution in [3.8, 4) is 11.5 Å². The predicted octanol–water partition coefficient (Wildman–Crippen LogP) is 4.93. The molecule has 1 N–H and O–H groups in total. The summed E-state index contributed by atoms with van der Waals surface area (Å²) in [5, 5.41) is 4.20. The second-order valence-electron chi connectivity index (χ2n) is 9.50. The van der Waals surface area contributed by atoms with Gasteiger partial charge in [0.25, 0.3) is 0 Å². The third-order valence-electron chi connectivity index (χ3n) is 7.05. The summed E-state index contributed by atoms with van der Waals surface area (Å²) in [4.78, 5) is 12.6. The molecule has 4 aliphatic rings. The number of amides is 1. The van der Waals surface area contributed by atoms with Gasteiger partial charge in [0.15, 0.2) is 11.5 Å². The third kappa shape index (κ3) is 4.76. The number of hydrogen-bond acceptors (Lipinski definition) is 4. The van der Waals surface area contributed by atoms with Crippen molar-refractivity contribution in [2.75, 3.05) is 13.7 Å². The molecule has 0 aliphatic heterocycles. The first kappa shape index (κ1) is 20.2. The van der Waals surface area contributed by atoms with Crippen LogP contribution in [0, 0.1) is 23.2 Å². The molecule has 0 saturated heterocycles. The number of methoxy groups -OCH3 is 1. The van der Waals surface area contributed by atoms with Gasteiger partial charge >= 0.3 is 0 Å². The Labute approximate surface area is 174 Å². The van der Waals surface area contributed by atoms with Crippen LogP contribution in [0.4, 0.5) is 0 Å². The molecule has 5 heteroatoms. The van der Waals surface area contributed by atoms with E-state index in [0.29, 0.717) is 18.8 Å². The highest BCUT2D eigenvalue weighted by atomic mass is 16.5. The second-order valence-corrected chi connectivity index (χ2v) is 9.50. The summed E-state index contributed by atoms with van der Waals surface area (Å²) in [5.41, 5.74) is 3.88. The first-order valence-corrected chi connectivity index (χ1v) is 11.2. The average molecular weight is 399 g/mol. The standard InChI is InChI=1S/C24H34N2O3/c1-3-4-7-29-21-6-5-17(11-22(21)28-2)16-25-26-23(27)15-24-12-18-8-19(13-24)10-20(9-18)14-24/h5-6,11,16,18-20H,3-4,7-10,12-15H2,1-2H3,(H,26,27)/b25-16-. The molecule has 158 valence electrons. The number of hydrogen-bond donors (Lipinski definition) is 1. The molecule has 0 radical (unpaired) electrons. The molecule has 0 atom stereocenters. The quantitative estimate of drug-likeness (QED) is 0.364. The summed E-state index contributed by atoms with van der Waals surface area (Å²) < 4.78 is 11.2. The Hall–Kier alpha value is -2.04. The molecule has 0 unspecified atom stereocenters. The van der Waals surface area contributed by atoms with Crippen molar-refractivity contribution in [3.63, 3.8) is 0 Å². The Morgan fingerprint density at radius 1 is 1.17 bits per heavy atom. The van der Waals surface area contributed by atoms with Gasteiger partial charge in [0, 0.05) is 6.42 Å². The number of nitrogens with zero attached hydrogens (tertiary/aromatic N) is 1. The molecule has 5 nitrogen and oxygen atoms in total. The number of unbranched alkanes of at least 4 members (excludes halogenated alkanes) is 1. The number of benzene rings is 1. The van der Waals surface area contributed by atoms with E-state index in [0.717, 1.165) is 41.9 Å². The average Bonchev–Trinajstić information content (AvgIpc) is 2.67. The lowest BCUT2D eigenvalue weighted by Crippen LogP contribution is -2.47. The lowest BCUT2D eigenvalue weighted by Gasteiger charge is -2.56. The maximum absolute atomic E-state index is 12.6. The summed E-state index contributed by atoms with van der Waals surface area (Å²) >= 11 is 0. The highest BCUT2D eigenvalue weighted by molar-refractivity contribution is 5.83. The fourth-order valence-corrected chi connectivity index (χ4v) is 6.28. The molecule has 1 amide bonds. The monoisotopic (exact) mass is 398 g/mol. The number of nitrogens with one attached hydrogen (secondary N) is 1. The first-order valence-electron chi connectivity index (χ1n) is 11.2. The van der Waals surface area contributed by atoms with Crippen LogP contribution in [0.15, 0.2) is 23.3 Å². The topological polar surface area (TPSA) is 59.9 Å². The number of ether oxygens (including phenoxy) is 2. The van der Waals surface area contributed by atoms with Gasteiger partial charge in [-0.2, -0.15) is 5.10 Å². The van der Waals surface area contributed by atoms with Crippen LogP contribution in [0.3, 0.4) is 0 Å². The van der Waals surface area contributed by atoms with E-state index in [-0.39, 0.29) is 11.3 Å². The van der Waals surface area contributed by atoms with Crippen molar-refractivity contribution in [3.05, 3.63) is 23.8 Å². The zero-order valence-electron chi connectivity index (χ0n) is 17.8. The molecule has 1 aromatic rings. The van der Waals surface area contributed by atoms with Crippen molar-refractivity contribution in [1.82, 2.24) is 5.43 Å². The number of carbonyl (C=O) groups is 1. The molecular formula is C24H34N2O3. The van der Waals surface area contributed by atoms with E-state index in [1.54, 1.807) is 13.3 Å². The normalized spacial score (nSPS) is 29.9. The van der Waals surface area contributed by atoms with Crippen LogP contribution in [0.2, 0.25) is 0 Å². The Bertz CT molecular complexity index is 723. The van der Waals surface area contributed by atoms with Crippen molar-refractivity contribution in [1.29, 1.82) is 0 Å². The predicted molar refractivity (Wildman–Crippen MR) is 114 cm³/mol. The molecule has 29 heavy (non-hydrogen) atoms. The van der Waals surface area contributed by atoms with Crippen LogP contribution in [0.5, 0.6) is 11.5 Å². The molecule has 0 spiro atoms. The number of carbonyl (C=O) groups excluding carboxylic acids is 1. The minimum absolute atomic E-state index is 0.0506. The zero-order valence-corrected chi connectivity index (χ0v) is 17.8. The third-order valence-corrected chi connectivity index (χ3v) is 7.05. The van der Waals surface area contributed by atoms with Crippen LogP contribution < -0.4 is 14.9 Å². The molecule has 5 rings (SSSR count). The SMILES string of the molecule is CCCCOc1ccc(/C=N\NC(=O)CC23CC4CC(CC(C4)C2)C3)cc1OC. The van der Waals surface area contributed by atoms with E-state index < -0.39 is 0 Å². The molecule has 1 aromatic carbocycles. The second kappa shape index (κ2) is 8.76. The van der Waals surface area contributed by atoms with Crippen LogP contribution in [0.25, 0.3) is 0 Å². The van der Waals surface area contributed by atoms with Crippen molar-refractivity contribution < 1.29 is 14.3 Å². The minimum atomic E-state index is 0.0506.